The molecule has 0 aliphatic rings. The standard InChI is InChI=1S/C3H6NO3S/c1-8(6,7)3-4-2-5/h3H2,1H3,(H,4,5). The van der Waals surface area contributed by atoms with Crippen molar-refractivity contribution in [2.45, 2.75) is 0 Å². The fourth-order valence-electron chi connectivity index (χ4n) is 0.161. The molecule has 0 saturated carbocycles. The third-order valence-electron chi connectivity index (χ3n) is 0.407. The highest BCUT2D eigenvalue weighted by Crippen LogP contribution is 1.73. The molecular weight excluding hydrogens is 130 g/mol. The van der Waals surface area contributed by atoms with Crippen molar-refractivity contribution in [3.63, 3.8) is 0 Å². The van der Waals surface area contributed by atoms with Gasteiger partial charge in [-0.3, -0.25) is 4.79 Å². The number of hydrogen-bond donors (Lipinski definition) is 1. The molecule has 4 nitrogen and oxygen atoms in total. The van der Waals surface area contributed by atoms with Crippen LogP contribution in [0.3, 0.4) is 0 Å². The minimum atomic E-state index is -3.06. The number of amides is 1. The second-order valence-corrected chi connectivity index (χ2v) is 3.49. The zero-order chi connectivity index (χ0) is 6.62. The predicted octanol–water partition coefficient (Wildman–Crippen LogP) is -1.35. The van der Waals surface area contributed by atoms with Crippen LogP contribution in [0, 0.1) is 0 Å². The van der Waals surface area contributed by atoms with E-state index in [4.69, 9.17) is 0 Å². The van der Waals surface area contributed by atoms with Gasteiger partial charge in [-0.1, -0.05) is 0 Å². The first-order valence-corrected chi connectivity index (χ1v) is 3.90. The quantitative estimate of drug-likeness (QED) is 0.488. The van der Waals surface area contributed by atoms with Crippen LogP contribution in [0.5, 0.6) is 0 Å². The van der Waals surface area contributed by atoms with Gasteiger partial charge in [0.05, 0.1) is 0 Å². The summed E-state index contributed by atoms with van der Waals surface area (Å²) in [5.41, 5.74) is 0. The average molecular weight is 136 g/mol. The van der Waals surface area contributed by atoms with Gasteiger partial charge in [0.25, 0.3) is 0 Å². The molecule has 0 spiro atoms. The Kier molecular flexibility index (Phi) is 2.47. The number of hydrogen-bond acceptors (Lipinski definition) is 3. The Morgan fingerprint density at radius 3 is 2.25 bits per heavy atom. The summed E-state index contributed by atoms with van der Waals surface area (Å²) in [6, 6.07) is 0. The Labute approximate surface area is 47.8 Å². The third kappa shape index (κ3) is 5.42. The Morgan fingerprint density at radius 1 is 1.62 bits per heavy atom. The molecule has 0 bridgehead atoms. The van der Waals surface area contributed by atoms with E-state index in [1.165, 1.54) is 6.41 Å². The van der Waals surface area contributed by atoms with Crippen LogP contribution in [0.25, 0.3) is 0 Å². The predicted molar refractivity (Wildman–Crippen MR) is 28.5 cm³/mol. The van der Waals surface area contributed by atoms with Gasteiger partial charge in [-0.2, -0.15) is 0 Å². The van der Waals surface area contributed by atoms with Gasteiger partial charge in [0.15, 0.2) is 9.84 Å². The molecule has 0 saturated heterocycles. The highest BCUT2D eigenvalue weighted by atomic mass is 32.2. The summed E-state index contributed by atoms with van der Waals surface area (Å²) in [5, 5.41) is 1.89. The van der Waals surface area contributed by atoms with E-state index in [0.29, 0.717) is 0 Å². The van der Waals surface area contributed by atoms with Crippen molar-refractivity contribution in [2.24, 2.45) is 0 Å². The lowest BCUT2D eigenvalue weighted by Gasteiger charge is -1.90. The van der Waals surface area contributed by atoms with Crippen molar-refractivity contribution < 1.29 is 13.2 Å². The summed E-state index contributed by atoms with van der Waals surface area (Å²) in [4.78, 5) is 9.35. The van der Waals surface area contributed by atoms with E-state index in [9.17, 15) is 13.2 Å². The first-order valence-electron chi connectivity index (χ1n) is 1.84. The van der Waals surface area contributed by atoms with Gasteiger partial charge in [0, 0.05) is 6.26 Å². The van der Waals surface area contributed by atoms with E-state index in [2.05, 4.69) is 0 Å². The highest BCUT2D eigenvalue weighted by Gasteiger charge is 1.97. The molecule has 0 aliphatic carbocycles. The fourth-order valence-corrected chi connectivity index (χ4v) is 0.482. The smallest absolute Gasteiger partial charge is 0.310 e. The van der Waals surface area contributed by atoms with E-state index < -0.39 is 9.84 Å². The van der Waals surface area contributed by atoms with E-state index in [0.717, 1.165) is 6.26 Å². The molecule has 0 heterocycles. The normalized spacial score (nSPS) is 10.6. The minimum absolute atomic E-state index is 0.337. The van der Waals surface area contributed by atoms with Gasteiger partial charge in [-0.25, -0.2) is 8.42 Å². The SMILES string of the molecule is CS(=O)(=O)CN[C]=O. The second kappa shape index (κ2) is 2.66. The maximum absolute atomic E-state index is 10.1. The molecule has 47 valence electrons. The Bertz CT molecular complexity index is 159. The van der Waals surface area contributed by atoms with E-state index >= 15 is 0 Å². The van der Waals surface area contributed by atoms with Crippen LogP contribution >= 0.6 is 0 Å². The monoisotopic (exact) mass is 136 g/mol. The lowest BCUT2D eigenvalue weighted by molar-refractivity contribution is 0.544. The van der Waals surface area contributed by atoms with Gasteiger partial charge in [0.1, 0.15) is 5.88 Å². The number of rotatable bonds is 3. The van der Waals surface area contributed by atoms with Crippen LogP contribution in [0.1, 0.15) is 0 Å². The largest absolute Gasteiger partial charge is 0.334 e. The first-order chi connectivity index (χ1) is 3.56. The molecular formula is C3H6NO3S. The molecule has 0 rings (SSSR count). The molecule has 8 heavy (non-hydrogen) atoms. The van der Waals surface area contributed by atoms with E-state index in [1.54, 1.807) is 0 Å². The van der Waals surface area contributed by atoms with Gasteiger partial charge < -0.3 is 5.32 Å². The Balaban J connectivity index is 3.57. The second-order valence-electron chi connectivity index (χ2n) is 1.35. The van der Waals surface area contributed by atoms with E-state index in [-0.39, 0.29) is 5.88 Å². The molecule has 0 aliphatic heterocycles. The summed E-state index contributed by atoms with van der Waals surface area (Å²) < 4.78 is 20.3. The lowest BCUT2D eigenvalue weighted by atomic mass is 11.2. The maximum atomic E-state index is 10.1. The van der Waals surface area contributed by atoms with Crippen LogP contribution < -0.4 is 5.32 Å². The van der Waals surface area contributed by atoms with Crippen molar-refractivity contribution in [3.8, 4) is 0 Å². The highest BCUT2D eigenvalue weighted by molar-refractivity contribution is 7.90. The Hall–Kier alpha value is -0.580. The zero-order valence-corrected chi connectivity index (χ0v) is 5.16. The van der Waals surface area contributed by atoms with Crippen LogP contribution in [0.2, 0.25) is 0 Å². The maximum Gasteiger partial charge on any atom is 0.310 e. The number of carbonyl (C=O) groups excluding carboxylic acids is 1. The fraction of sp³-hybridized carbons (Fsp3) is 0.667. The van der Waals surface area contributed by atoms with Crippen molar-refractivity contribution in [1.29, 1.82) is 0 Å². The summed E-state index contributed by atoms with van der Waals surface area (Å²) in [6.07, 6.45) is 2.27. The molecule has 1 N–H and O–H groups in total. The van der Waals surface area contributed by atoms with E-state index in [1.807, 2.05) is 5.32 Å². The average Bonchev–Trinajstić information content (AvgIpc) is 1.59. The van der Waals surface area contributed by atoms with Crippen molar-refractivity contribution in [1.82, 2.24) is 5.32 Å². The molecule has 1 amide bonds. The minimum Gasteiger partial charge on any atom is -0.334 e. The lowest BCUT2D eigenvalue weighted by Crippen LogP contribution is -2.19. The summed E-state index contributed by atoms with van der Waals surface area (Å²) in [7, 11) is -3.06. The molecule has 0 aromatic rings. The molecule has 0 atom stereocenters. The van der Waals surface area contributed by atoms with Crippen LogP contribution in [-0.2, 0) is 14.6 Å². The zero-order valence-electron chi connectivity index (χ0n) is 4.34. The van der Waals surface area contributed by atoms with Gasteiger partial charge in [-0.15, -0.1) is 0 Å². The molecule has 0 unspecified atom stereocenters. The molecule has 5 heteroatoms. The topological polar surface area (TPSA) is 63.2 Å². The first kappa shape index (κ1) is 7.42. The summed E-state index contributed by atoms with van der Waals surface area (Å²) >= 11 is 0. The summed E-state index contributed by atoms with van der Waals surface area (Å²) in [6.45, 7) is 0. The van der Waals surface area contributed by atoms with Crippen molar-refractivity contribution in [3.05, 3.63) is 0 Å². The third-order valence-corrected chi connectivity index (χ3v) is 1.08. The van der Waals surface area contributed by atoms with Crippen molar-refractivity contribution >= 4 is 16.2 Å². The molecule has 0 aromatic carbocycles. The molecule has 0 fully saturated rings. The van der Waals surface area contributed by atoms with Crippen molar-refractivity contribution in [2.75, 3.05) is 12.1 Å². The van der Waals surface area contributed by atoms with Crippen LogP contribution in [0.4, 0.5) is 0 Å². The number of sulfone groups is 1. The van der Waals surface area contributed by atoms with Crippen LogP contribution in [0.15, 0.2) is 0 Å². The molecule has 1 radical (unpaired) electrons. The van der Waals surface area contributed by atoms with Crippen LogP contribution in [-0.4, -0.2) is 27.0 Å². The van der Waals surface area contributed by atoms with Gasteiger partial charge in [-0.05, 0) is 0 Å². The number of nitrogens with one attached hydrogen (secondary N) is 1. The van der Waals surface area contributed by atoms with Gasteiger partial charge in [0.2, 0.25) is 0 Å². The van der Waals surface area contributed by atoms with Gasteiger partial charge >= 0.3 is 6.41 Å². The Morgan fingerprint density at radius 2 is 2.12 bits per heavy atom. The summed E-state index contributed by atoms with van der Waals surface area (Å²) in [5.74, 6) is -0.337. The molecule has 0 aromatic heterocycles.